The van der Waals surface area contributed by atoms with E-state index in [4.69, 9.17) is 4.74 Å². The van der Waals surface area contributed by atoms with E-state index in [0.717, 1.165) is 16.9 Å². The summed E-state index contributed by atoms with van der Waals surface area (Å²) >= 11 is 0. The molecule has 0 fully saturated rings. The van der Waals surface area contributed by atoms with Crippen molar-refractivity contribution in [2.24, 2.45) is 0 Å². The summed E-state index contributed by atoms with van der Waals surface area (Å²) < 4.78 is 5.57. The fraction of sp³-hybridized carbons (Fsp3) is 0.294. The van der Waals surface area contributed by atoms with Crippen molar-refractivity contribution in [2.45, 2.75) is 26.9 Å². The van der Waals surface area contributed by atoms with Gasteiger partial charge in [-0.05, 0) is 43.5 Å². The summed E-state index contributed by atoms with van der Waals surface area (Å²) in [6, 6.07) is 13.7. The Labute approximate surface area is 114 Å². The van der Waals surface area contributed by atoms with Gasteiger partial charge in [-0.25, -0.2) is 0 Å². The molecule has 0 aliphatic carbocycles. The normalized spacial score (nSPS) is 12.2. The van der Waals surface area contributed by atoms with Gasteiger partial charge in [-0.15, -0.1) is 0 Å². The second-order valence-corrected chi connectivity index (χ2v) is 4.72. The third-order valence-electron chi connectivity index (χ3n) is 3.36. The van der Waals surface area contributed by atoms with Gasteiger partial charge in [0.05, 0.1) is 6.61 Å². The maximum absolute atomic E-state index is 10.5. The van der Waals surface area contributed by atoms with Crippen LogP contribution in [0, 0.1) is 13.8 Å². The van der Waals surface area contributed by atoms with Crippen LogP contribution in [-0.4, -0.2) is 11.7 Å². The lowest BCUT2D eigenvalue weighted by Crippen LogP contribution is -2.04. The monoisotopic (exact) mass is 256 g/mol. The van der Waals surface area contributed by atoms with E-state index in [1.54, 1.807) is 0 Å². The first kappa shape index (κ1) is 13.6. The van der Waals surface area contributed by atoms with Crippen molar-refractivity contribution in [1.82, 2.24) is 0 Å². The zero-order valence-electron chi connectivity index (χ0n) is 11.7. The second kappa shape index (κ2) is 5.89. The minimum Gasteiger partial charge on any atom is -0.493 e. The maximum Gasteiger partial charge on any atom is 0.125 e. The smallest absolute Gasteiger partial charge is 0.125 e. The average Bonchev–Trinajstić information content (AvgIpc) is 2.42. The highest BCUT2D eigenvalue weighted by Gasteiger charge is 2.15. The molecule has 0 amide bonds. The molecule has 1 atom stereocenters. The molecular formula is C17H20O2. The van der Waals surface area contributed by atoms with Crippen LogP contribution in [0.1, 0.15) is 35.3 Å². The van der Waals surface area contributed by atoms with Gasteiger partial charge >= 0.3 is 0 Å². The van der Waals surface area contributed by atoms with Gasteiger partial charge in [0.25, 0.3) is 0 Å². The lowest BCUT2D eigenvalue weighted by atomic mass is 9.97. The summed E-state index contributed by atoms with van der Waals surface area (Å²) in [6.07, 6.45) is -0.651. The molecule has 2 rings (SSSR count). The van der Waals surface area contributed by atoms with Crippen LogP contribution in [0.2, 0.25) is 0 Å². The lowest BCUT2D eigenvalue weighted by molar-refractivity contribution is 0.212. The Kier molecular flexibility index (Phi) is 4.23. The zero-order valence-corrected chi connectivity index (χ0v) is 11.7. The van der Waals surface area contributed by atoms with Crippen LogP contribution >= 0.6 is 0 Å². The van der Waals surface area contributed by atoms with Crippen LogP contribution in [0.15, 0.2) is 42.5 Å². The third-order valence-corrected chi connectivity index (χ3v) is 3.36. The Morgan fingerprint density at radius 1 is 1.05 bits per heavy atom. The molecule has 0 aromatic heterocycles. The van der Waals surface area contributed by atoms with Gasteiger partial charge in [0, 0.05) is 5.56 Å². The highest BCUT2D eigenvalue weighted by atomic mass is 16.5. The summed E-state index contributed by atoms with van der Waals surface area (Å²) in [4.78, 5) is 0. The van der Waals surface area contributed by atoms with E-state index in [1.807, 2.05) is 49.4 Å². The topological polar surface area (TPSA) is 29.5 Å². The van der Waals surface area contributed by atoms with Crippen molar-refractivity contribution in [3.63, 3.8) is 0 Å². The number of hydrogen-bond acceptors (Lipinski definition) is 2. The first-order valence-electron chi connectivity index (χ1n) is 6.60. The number of benzene rings is 2. The molecule has 2 heteroatoms. The van der Waals surface area contributed by atoms with Gasteiger partial charge in [0.1, 0.15) is 11.9 Å². The molecule has 1 N–H and O–H groups in total. The number of aryl methyl sites for hydroxylation is 2. The molecule has 0 saturated heterocycles. The van der Waals surface area contributed by atoms with Gasteiger partial charge in [-0.1, -0.05) is 36.4 Å². The van der Waals surface area contributed by atoms with Crippen LogP contribution < -0.4 is 4.74 Å². The minimum absolute atomic E-state index is 0.594. The van der Waals surface area contributed by atoms with Gasteiger partial charge in [-0.3, -0.25) is 0 Å². The summed E-state index contributed by atoms with van der Waals surface area (Å²) in [5.74, 6) is 0.746. The molecule has 2 aromatic rings. The Balaban J connectivity index is 2.37. The number of aliphatic hydroxyl groups is 1. The van der Waals surface area contributed by atoms with Gasteiger partial charge in [0.2, 0.25) is 0 Å². The number of para-hydroxylation sites is 1. The summed E-state index contributed by atoms with van der Waals surface area (Å²) in [7, 11) is 0. The Morgan fingerprint density at radius 2 is 1.79 bits per heavy atom. The summed E-state index contributed by atoms with van der Waals surface area (Å²) in [6.45, 7) is 6.66. The first-order valence-corrected chi connectivity index (χ1v) is 6.60. The Bertz CT molecular complexity index is 561. The van der Waals surface area contributed by atoms with Gasteiger partial charge < -0.3 is 9.84 Å². The molecule has 0 aliphatic heterocycles. The molecule has 100 valence electrons. The van der Waals surface area contributed by atoms with Crippen LogP contribution in [0.4, 0.5) is 0 Å². The fourth-order valence-corrected chi connectivity index (χ4v) is 2.11. The number of aliphatic hydroxyl groups excluding tert-OH is 1. The third kappa shape index (κ3) is 2.96. The molecular weight excluding hydrogens is 236 g/mol. The molecule has 19 heavy (non-hydrogen) atoms. The summed E-state index contributed by atoms with van der Waals surface area (Å²) in [5, 5.41) is 10.5. The quantitative estimate of drug-likeness (QED) is 0.902. The van der Waals surface area contributed by atoms with E-state index in [-0.39, 0.29) is 0 Å². The molecule has 0 aliphatic rings. The molecule has 1 unspecified atom stereocenters. The number of ether oxygens (including phenoxy) is 1. The molecule has 0 saturated carbocycles. The van der Waals surface area contributed by atoms with E-state index in [1.165, 1.54) is 11.1 Å². The molecule has 0 radical (unpaired) electrons. The SMILES string of the molecule is CCOc1ccccc1C(O)c1ccc(C)c(C)c1. The van der Waals surface area contributed by atoms with Crippen molar-refractivity contribution < 1.29 is 9.84 Å². The predicted octanol–water partition coefficient (Wildman–Crippen LogP) is 3.78. The molecule has 0 heterocycles. The Morgan fingerprint density at radius 3 is 2.47 bits per heavy atom. The van der Waals surface area contributed by atoms with E-state index in [9.17, 15) is 5.11 Å². The number of rotatable bonds is 4. The minimum atomic E-state index is -0.651. The van der Waals surface area contributed by atoms with Gasteiger partial charge in [-0.2, -0.15) is 0 Å². The van der Waals surface area contributed by atoms with Crippen molar-refractivity contribution >= 4 is 0 Å². The Hall–Kier alpha value is -1.80. The molecule has 0 spiro atoms. The number of hydrogen-bond donors (Lipinski definition) is 1. The van der Waals surface area contributed by atoms with Crippen molar-refractivity contribution in [3.05, 3.63) is 64.7 Å². The zero-order chi connectivity index (χ0) is 13.8. The molecule has 2 aromatic carbocycles. The largest absolute Gasteiger partial charge is 0.493 e. The van der Waals surface area contributed by atoms with E-state index in [2.05, 4.69) is 13.8 Å². The van der Waals surface area contributed by atoms with Gasteiger partial charge in [0.15, 0.2) is 0 Å². The maximum atomic E-state index is 10.5. The van der Waals surface area contributed by atoms with E-state index >= 15 is 0 Å². The standard InChI is InChI=1S/C17H20O2/c1-4-19-16-8-6-5-7-15(16)17(18)14-10-9-12(2)13(3)11-14/h5-11,17-18H,4H2,1-3H3. The van der Waals surface area contributed by atoms with Crippen molar-refractivity contribution in [1.29, 1.82) is 0 Å². The second-order valence-electron chi connectivity index (χ2n) is 4.72. The van der Waals surface area contributed by atoms with E-state index < -0.39 is 6.10 Å². The van der Waals surface area contributed by atoms with Crippen molar-refractivity contribution in [2.75, 3.05) is 6.61 Å². The first-order chi connectivity index (χ1) is 9.13. The molecule has 2 nitrogen and oxygen atoms in total. The highest BCUT2D eigenvalue weighted by Crippen LogP contribution is 2.30. The highest BCUT2D eigenvalue weighted by molar-refractivity contribution is 5.42. The lowest BCUT2D eigenvalue weighted by Gasteiger charge is -2.17. The summed E-state index contributed by atoms with van der Waals surface area (Å²) in [5.41, 5.74) is 4.13. The fourth-order valence-electron chi connectivity index (χ4n) is 2.11. The predicted molar refractivity (Wildman–Crippen MR) is 77.6 cm³/mol. The van der Waals surface area contributed by atoms with Crippen molar-refractivity contribution in [3.8, 4) is 5.75 Å². The van der Waals surface area contributed by atoms with Crippen LogP contribution in [0.25, 0.3) is 0 Å². The van der Waals surface area contributed by atoms with Crippen LogP contribution in [0.5, 0.6) is 5.75 Å². The molecule has 0 bridgehead atoms. The van der Waals surface area contributed by atoms with E-state index in [0.29, 0.717) is 6.61 Å². The van der Waals surface area contributed by atoms with Crippen LogP contribution in [-0.2, 0) is 0 Å². The van der Waals surface area contributed by atoms with Crippen LogP contribution in [0.3, 0.4) is 0 Å². The average molecular weight is 256 g/mol.